The Morgan fingerprint density at radius 3 is 2.11 bits per heavy atom. The highest BCUT2D eigenvalue weighted by atomic mass is 16.5. The van der Waals surface area contributed by atoms with Crippen molar-refractivity contribution in [2.24, 2.45) is 11.8 Å². The van der Waals surface area contributed by atoms with E-state index in [1.807, 2.05) is 24.3 Å². The number of carboxylic acids is 1. The van der Waals surface area contributed by atoms with Crippen molar-refractivity contribution in [2.45, 2.75) is 18.4 Å². The van der Waals surface area contributed by atoms with Gasteiger partial charge >= 0.3 is 12.1 Å². The highest BCUT2D eigenvalue weighted by molar-refractivity contribution is 5.87. The minimum absolute atomic E-state index is 0.0152. The van der Waals surface area contributed by atoms with Crippen molar-refractivity contribution in [2.75, 3.05) is 13.2 Å². The van der Waals surface area contributed by atoms with E-state index >= 15 is 0 Å². The number of aliphatic carboxylic acids is 1. The summed E-state index contributed by atoms with van der Waals surface area (Å²) in [5.41, 5.74) is 5.14. The van der Waals surface area contributed by atoms with Gasteiger partial charge in [0.05, 0.1) is 0 Å². The standard InChI is InChI=1S/C28H26N2O5/c31-26(30-25(27(32)33)17-8-2-1-3-9-17)23-14-18(23)15-29-28(34)35-16-24-21-12-6-4-10-19(21)20-11-5-7-13-22(20)24/h1-13,18,23-25H,14-16H2,(H,29,34)(H,30,31)(H,32,33)/t18-,23-,25?/m0/s1. The van der Waals surface area contributed by atoms with Gasteiger partial charge in [0.1, 0.15) is 6.61 Å². The molecule has 3 aromatic rings. The molecule has 1 saturated carbocycles. The van der Waals surface area contributed by atoms with E-state index in [4.69, 9.17) is 4.74 Å². The monoisotopic (exact) mass is 470 g/mol. The Labute approximate surface area is 203 Å². The molecule has 0 aliphatic heterocycles. The first-order chi connectivity index (χ1) is 17.0. The molecular formula is C28H26N2O5. The number of hydrogen-bond acceptors (Lipinski definition) is 4. The molecule has 0 saturated heterocycles. The number of carbonyl (C=O) groups excluding carboxylic acids is 2. The van der Waals surface area contributed by atoms with Gasteiger partial charge in [-0.2, -0.15) is 0 Å². The molecule has 0 bridgehead atoms. The predicted octanol–water partition coefficient (Wildman–Crippen LogP) is 4.10. The van der Waals surface area contributed by atoms with Gasteiger partial charge in [0.2, 0.25) is 5.91 Å². The third kappa shape index (κ3) is 4.75. The molecule has 3 N–H and O–H groups in total. The number of carbonyl (C=O) groups is 3. The van der Waals surface area contributed by atoms with Crippen LogP contribution in [0.2, 0.25) is 0 Å². The second-order valence-electron chi connectivity index (χ2n) is 9.00. The van der Waals surface area contributed by atoms with E-state index in [0.717, 1.165) is 11.1 Å². The van der Waals surface area contributed by atoms with E-state index in [0.29, 0.717) is 18.5 Å². The van der Waals surface area contributed by atoms with E-state index in [-0.39, 0.29) is 30.3 Å². The Hall–Kier alpha value is -4.13. The first-order valence-electron chi connectivity index (χ1n) is 11.7. The van der Waals surface area contributed by atoms with Crippen LogP contribution in [-0.4, -0.2) is 36.2 Å². The maximum atomic E-state index is 12.6. The van der Waals surface area contributed by atoms with Gasteiger partial charge in [-0.15, -0.1) is 0 Å². The number of fused-ring (bicyclic) bond motifs is 3. The van der Waals surface area contributed by atoms with Gasteiger partial charge < -0.3 is 20.5 Å². The smallest absolute Gasteiger partial charge is 0.407 e. The highest BCUT2D eigenvalue weighted by Crippen LogP contribution is 2.44. The highest BCUT2D eigenvalue weighted by Gasteiger charge is 2.44. The third-order valence-corrected chi connectivity index (χ3v) is 6.78. The minimum atomic E-state index is -1.11. The lowest BCUT2D eigenvalue weighted by Crippen LogP contribution is -2.35. The average molecular weight is 471 g/mol. The molecule has 0 spiro atoms. The maximum absolute atomic E-state index is 12.6. The lowest BCUT2D eigenvalue weighted by Gasteiger charge is -2.15. The van der Waals surface area contributed by atoms with Crippen LogP contribution in [0.1, 0.15) is 35.1 Å². The lowest BCUT2D eigenvalue weighted by atomic mass is 9.98. The summed E-state index contributed by atoms with van der Waals surface area (Å²) in [6.45, 7) is 0.531. The SMILES string of the molecule is O=C(NC[C@@H]1C[C@@H]1C(=O)NC(C(=O)O)c1ccccc1)OCC1c2ccccc2-c2ccccc21. The predicted molar refractivity (Wildman–Crippen MR) is 130 cm³/mol. The van der Waals surface area contributed by atoms with Crippen LogP contribution in [0.15, 0.2) is 78.9 Å². The zero-order valence-electron chi connectivity index (χ0n) is 19.0. The zero-order valence-corrected chi connectivity index (χ0v) is 19.0. The molecule has 3 aromatic carbocycles. The molecule has 35 heavy (non-hydrogen) atoms. The number of benzene rings is 3. The van der Waals surface area contributed by atoms with Crippen molar-refractivity contribution in [1.82, 2.24) is 10.6 Å². The molecule has 5 rings (SSSR count). The lowest BCUT2D eigenvalue weighted by molar-refractivity contribution is -0.142. The Bertz CT molecular complexity index is 1210. The first kappa shape index (κ1) is 22.7. The van der Waals surface area contributed by atoms with E-state index in [1.165, 1.54) is 11.1 Å². The summed E-state index contributed by atoms with van der Waals surface area (Å²) in [6.07, 6.45) is 0.0713. The maximum Gasteiger partial charge on any atom is 0.407 e. The van der Waals surface area contributed by atoms with Crippen LogP contribution in [0.25, 0.3) is 11.1 Å². The molecule has 2 amide bonds. The molecule has 0 aromatic heterocycles. The molecule has 3 atom stereocenters. The molecule has 2 aliphatic rings. The van der Waals surface area contributed by atoms with Gasteiger partial charge in [-0.3, -0.25) is 4.79 Å². The van der Waals surface area contributed by atoms with Gasteiger partial charge in [0, 0.05) is 18.4 Å². The minimum Gasteiger partial charge on any atom is -0.479 e. The van der Waals surface area contributed by atoms with Crippen LogP contribution in [0.3, 0.4) is 0 Å². The summed E-state index contributed by atoms with van der Waals surface area (Å²) in [6, 6.07) is 23.8. The largest absolute Gasteiger partial charge is 0.479 e. The molecule has 178 valence electrons. The summed E-state index contributed by atoms with van der Waals surface area (Å²) in [5.74, 6) is -1.81. The summed E-state index contributed by atoms with van der Waals surface area (Å²) >= 11 is 0. The van der Waals surface area contributed by atoms with Gasteiger partial charge in [-0.25, -0.2) is 9.59 Å². The normalized spacial score (nSPS) is 18.6. The Balaban J connectivity index is 1.11. The number of nitrogens with one attached hydrogen (secondary N) is 2. The topological polar surface area (TPSA) is 105 Å². The van der Waals surface area contributed by atoms with E-state index in [1.54, 1.807) is 30.3 Å². The number of amides is 2. The third-order valence-electron chi connectivity index (χ3n) is 6.78. The fourth-order valence-corrected chi connectivity index (χ4v) is 4.84. The fraction of sp³-hybridized carbons (Fsp3) is 0.250. The quantitative estimate of drug-likeness (QED) is 0.460. The summed E-state index contributed by atoms with van der Waals surface area (Å²) in [4.78, 5) is 36.6. The van der Waals surface area contributed by atoms with Crippen molar-refractivity contribution >= 4 is 18.0 Å². The van der Waals surface area contributed by atoms with Crippen LogP contribution in [-0.2, 0) is 14.3 Å². The Morgan fingerprint density at radius 1 is 0.886 bits per heavy atom. The average Bonchev–Trinajstić information content (AvgIpc) is 3.60. The van der Waals surface area contributed by atoms with Gasteiger partial charge in [-0.05, 0) is 40.2 Å². The van der Waals surface area contributed by atoms with Crippen LogP contribution >= 0.6 is 0 Å². The zero-order chi connectivity index (χ0) is 24.4. The molecular weight excluding hydrogens is 444 g/mol. The number of ether oxygens (including phenoxy) is 1. The van der Waals surface area contributed by atoms with Crippen molar-refractivity contribution in [1.29, 1.82) is 0 Å². The number of rotatable bonds is 8. The van der Waals surface area contributed by atoms with Crippen molar-refractivity contribution in [3.63, 3.8) is 0 Å². The number of carboxylic acid groups (broad SMARTS) is 1. The first-order valence-corrected chi connectivity index (χ1v) is 11.7. The van der Waals surface area contributed by atoms with Crippen LogP contribution in [0, 0.1) is 11.8 Å². The molecule has 0 radical (unpaired) electrons. The van der Waals surface area contributed by atoms with Gasteiger partial charge in [-0.1, -0.05) is 78.9 Å². The number of hydrogen-bond donors (Lipinski definition) is 3. The Kier molecular flexibility index (Phi) is 6.23. The second kappa shape index (κ2) is 9.62. The van der Waals surface area contributed by atoms with Crippen LogP contribution in [0.4, 0.5) is 4.79 Å². The van der Waals surface area contributed by atoms with Crippen LogP contribution in [0.5, 0.6) is 0 Å². The van der Waals surface area contributed by atoms with E-state index in [2.05, 4.69) is 34.9 Å². The van der Waals surface area contributed by atoms with Crippen molar-refractivity contribution in [3.05, 3.63) is 95.6 Å². The Morgan fingerprint density at radius 2 is 1.49 bits per heavy atom. The van der Waals surface area contributed by atoms with Crippen LogP contribution < -0.4 is 10.6 Å². The van der Waals surface area contributed by atoms with Gasteiger partial charge in [0.25, 0.3) is 0 Å². The summed E-state index contributed by atoms with van der Waals surface area (Å²) in [7, 11) is 0. The molecule has 1 fully saturated rings. The molecule has 0 heterocycles. The summed E-state index contributed by atoms with van der Waals surface area (Å²) in [5, 5.41) is 14.9. The molecule has 7 nitrogen and oxygen atoms in total. The fourth-order valence-electron chi connectivity index (χ4n) is 4.84. The molecule has 2 aliphatic carbocycles. The van der Waals surface area contributed by atoms with Gasteiger partial charge in [0.15, 0.2) is 6.04 Å². The summed E-state index contributed by atoms with van der Waals surface area (Å²) < 4.78 is 5.54. The van der Waals surface area contributed by atoms with E-state index in [9.17, 15) is 19.5 Å². The second-order valence-corrected chi connectivity index (χ2v) is 9.00. The molecule has 7 heteroatoms. The molecule has 1 unspecified atom stereocenters. The van der Waals surface area contributed by atoms with Crippen molar-refractivity contribution in [3.8, 4) is 11.1 Å². The van der Waals surface area contributed by atoms with Crippen molar-refractivity contribution < 1.29 is 24.2 Å². The van der Waals surface area contributed by atoms with E-state index < -0.39 is 18.1 Å². The number of alkyl carbamates (subject to hydrolysis) is 1.